The number of anilines is 1. The van der Waals surface area contributed by atoms with Gasteiger partial charge in [-0.3, -0.25) is 4.79 Å². The molecular weight excluding hydrogens is 370 g/mol. The third-order valence-corrected chi connectivity index (χ3v) is 4.50. The Morgan fingerprint density at radius 3 is 2.66 bits per heavy atom. The SMILES string of the molecule is Cc1cc(C)n2nc(C(=O)O[C@H](C)C(=O)Nc3cccc4ccccc34)nc2n1. The minimum Gasteiger partial charge on any atom is -0.447 e. The number of carbonyl (C=O) groups excluding carboxylic acids is 2. The zero-order chi connectivity index (χ0) is 20.5. The maximum Gasteiger partial charge on any atom is 0.379 e. The Morgan fingerprint density at radius 1 is 1.07 bits per heavy atom. The lowest BCUT2D eigenvalue weighted by atomic mass is 10.1. The number of esters is 1. The molecule has 0 saturated carbocycles. The molecule has 4 aromatic rings. The summed E-state index contributed by atoms with van der Waals surface area (Å²) in [4.78, 5) is 33.3. The van der Waals surface area contributed by atoms with Crippen LogP contribution in [0.2, 0.25) is 0 Å². The second-order valence-corrected chi connectivity index (χ2v) is 6.75. The van der Waals surface area contributed by atoms with Gasteiger partial charge in [0, 0.05) is 22.5 Å². The number of nitrogens with zero attached hydrogens (tertiary/aromatic N) is 4. The van der Waals surface area contributed by atoms with Crippen molar-refractivity contribution < 1.29 is 14.3 Å². The number of aryl methyl sites for hydroxylation is 2. The van der Waals surface area contributed by atoms with Gasteiger partial charge in [-0.15, -0.1) is 5.10 Å². The second kappa shape index (κ2) is 7.31. The Hall–Kier alpha value is -3.81. The molecule has 1 atom stereocenters. The van der Waals surface area contributed by atoms with Crippen LogP contribution in [0.4, 0.5) is 5.69 Å². The Labute approximate surface area is 166 Å². The maximum absolute atomic E-state index is 12.5. The Kier molecular flexibility index (Phi) is 4.67. The molecule has 0 aliphatic rings. The molecule has 146 valence electrons. The number of fused-ring (bicyclic) bond motifs is 2. The summed E-state index contributed by atoms with van der Waals surface area (Å²) in [6, 6.07) is 15.1. The van der Waals surface area contributed by atoms with E-state index in [0.29, 0.717) is 11.5 Å². The topological polar surface area (TPSA) is 98.5 Å². The van der Waals surface area contributed by atoms with Crippen molar-refractivity contribution in [3.63, 3.8) is 0 Å². The van der Waals surface area contributed by atoms with Crippen LogP contribution in [0.1, 0.15) is 28.9 Å². The van der Waals surface area contributed by atoms with Gasteiger partial charge in [0.05, 0.1) is 0 Å². The highest BCUT2D eigenvalue weighted by molar-refractivity contribution is 6.04. The van der Waals surface area contributed by atoms with Crippen molar-refractivity contribution in [1.29, 1.82) is 0 Å². The van der Waals surface area contributed by atoms with Crippen LogP contribution in [0, 0.1) is 13.8 Å². The molecule has 8 nitrogen and oxygen atoms in total. The predicted octanol–water partition coefficient (Wildman–Crippen LogP) is 3.08. The van der Waals surface area contributed by atoms with Gasteiger partial charge in [0.2, 0.25) is 0 Å². The van der Waals surface area contributed by atoms with Gasteiger partial charge in [0.15, 0.2) is 6.10 Å². The van der Waals surface area contributed by atoms with Crippen molar-refractivity contribution >= 4 is 34.1 Å². The summed E-state index contributed by atoms with van der Waals surface area (Å²) < 4.78 is 6.73. The first-order valence-electron chi connectivity index (χ1n) is 9.13. The third kappa shape index (κ3) is 3.64. The smallest absolute Gasteiger partial charge is 0.379 e. The van der Waals surface area contributed by atoms with Crippen molar-refractivity contribution in [1.82, 2.24) is 19.6 Å². The molecule has 4 rings (SSSR count). The van der Waals surface area contributed by atoms with Crippen LogP contribution in [0.5, 0.6) is 0 Å². The number of hydrogen-bond acceptors (Lipinski definition) is 6. The van der Waals surface area contributed by atoms with Crippen LogP contribution >= 0.6 is 0 Å². The lowest BCUT2D eigenvalue weighted by molar-refractivity contribution is -0.123. The van der Waals surface area contributed by atoms with Crippen LogP contribution in [-0.4, -0.2) is 37.6 Å². The fraction of sp³-hybridized carbons (Fsp3) is 0.190. The highest BCUT2D eigenvalue weighted by atomic mass is 16.5. The van der Waals surface area contributed by atoms with Gasteiger partial charge in [-0.05, 0) is 38.3 Å². The van der Waals surface area contributed by atoms with Crippen LogP contribution < -0.4 is 5.32 Å². The first-order valence-corrected chi connectivity index (χ1v) is 9.13. The third-order valence-electron chi connectivity index (χ3n) is 4.50. The van der Waals surface area contributed by atoms with E-state index < -0.39 is 18.0 Å². The largest absolute Gasteiger partial charge is 0.447 e. The van der Waals surface area contributed by atoms with E-state index in [4.69, 9.17) is 4.74 Å². The number of hydrogen-bond donors (Lipinski definition) is 1. The lowest BCUT2D eigenvalue weighted by Crippen LogP contribution is -2.30. The van der Waals surface area contributed by atoms with E-state index >= 15 is 0 Å². The van der Waals surface area contributed by atoms with E-state index in [1.54, 1.807) is 6.07 Å². The molecule has 0 spiro atoms. The van der Waals surface area contributed by atoms with Crippen molar-refractivity contribution in [2.45, 2.75) is 26.9 Å². The molecule has 1 N–H and O–H groups in total. The lowest BCUT2D eigenvalue weighted by Gasteiger charge is -2.13. The van der Waals surface area contributed by atoms with E-state index in [-0.39, 0.29) is 5.82 Å². The monoisotopic (exact) mass is 389 g/mol. The molecule has 0 unspecified atom stereocenters. The molecule has 0 saturated heterocycles. The van der Waals surface area contributed by atoms with E-state index in [2.05, 4.69) is 20.4 Å². The maximum atomic E-state index is 12.5. The number of nitrogens with one attached hydrogen (secondary N) is 1. The molecule has 29 heavy (non-hydrogen) atoms. The minimum atomic E-state index is -1.02. The van der Waals surface area contributed by atoms with Crippen LogP contribution in [0.3, 0.4) is 0 Å². The summed E-state index contributed by atoms with van der Waals surface area (Å²) in [7, 11) is 0. The summed E-state index contributed by atoms with van der Waals surface area (Å²) in [5, 5.41) is 8.84. The molecule has 0 radical (unpaired) electrons. The number of amides is 1. The van der Waals surface area contributed by atoms with Crippen LogP contribution in [0.15, 0.2) is 48.5 Å². The molecule has 2 aromatic heterocycles. The highest BCUT2D eigenvalue weighted by Gasteiger charge is 2.23. The van der Waals surface area contributed by atoms with Gasteiger partial charge in [0.25, 0.3) is 17.5 Å². The average molecular weight is 389 g/mol. The van der Waals surface area contributed by atoms with Crippen LogP contribution in [0.25, 0.3) is 16.6 Å². The van der Waals surface area contributed by atoms with Gasteiger partial charge in [-0.1, -0.05) is 36.4 Å². The van der Waals surface area contributed by atoms with E-state index in [9.17, 15) is 9.59 Å². The van der Waals surface area contributed by atoms with Crippen molar-refractivity contribution in [3.8, 4) is 0 Å². The summed E-state index contributed by atoms with van der Waals surface area (Å²) in [5.41, 5.74) is 2.21. The Bertz CT molecular complexity index is 1240. The quantitative estimate of drug-likeness (QED) is 0.539. The molecule has 0 fully saturated rings. The van der Waals surface area contributed by atoms with Crippen molar-refractivity contribution in [2.24, 2.45) is 0 Å². The molecule has 0 aliphatic heterocycles. The number of carbonyl (C=O) groups is 2. The average Bonchev–Trinajstić information content (AvgIpc) is 3.13. The molecular formula is C21H19N5O3. The summed E-state index contributed by atoms with van der Waals surface area (Å²) >= 11 is 0. The fourth-order valence-corrected chi connectivity index (χ4v) is 3.09. The fourth-order valence-electron chi connectivity index (χ4n) is 3.09. The minimum absolute atomic E-state index is 0.143. The molecule has 2 aromatic carbocycles. The molecule has 1 amide bonds. The molecule has 2 heterocycles. The second-order valence-electron chi connectivity index (χ2n) is 6.75. The van der Waals surface area contributed by atoms with Gasteiger partial charge >= 0.3 is 5.97 Å². The van der Waals surface area contributed by atoms with Gasteiger partial charge in [-0.2, -0.15) is 4.98 Å². The van der Waals surface area contributed by atoms with Gasteiger partial charge < -0.3 is 10.1 Å². The van der Waals surface area contributed by atoms with Crippen molar-refractivity contribution in [2.75, 3.05) is 5.32 Å². The van der Waals surface area contributed by atoms with E-state index in [0.717, 1.165) is 22.2 Å². The first-order chi connectivity index (χ1) is 13.9. The van der Waals surface area contributed by atoms with Gasteiger partial charge in [-0.25, -0.2) is 14.3 Å². The summed E-state index contributed by atoms with van der Waals surface area (Å²) in [6.45, 7) is 5.17. The zero-order valence-corrected chi connectivity index (χ0v) is 16.2. The predicted molar refractivity (Wildman–Crippen MR) is 108 cm³/mol. The molecule has 0 aliphatic carbocycles. The zero-order valence-electron chi connectivity index (χ0n) is 16.2. The van der Waals surface area contributed by atoms with Gasteiger partial charge in [0.1, 0.15) is 0 Å². The number of rotatable bonds is 4. The van der Waals surface area contributed by atoms with Crippen LogP contribution in [-0.2, 0) is 9.53 Å². The Balaban J connectivity index is 1.50. The number of benzene rings is 2. The normalized spacial score (nSPS) is 12.1. The highest BCUT2D eigenvalue weighted by Crippen LogP contribution is 2.23. The molecule has 0 bridgehead atoms. The summed E-state index contributed by atoms with van der Waals surface area (Å²) in [5.74, 6) is -1.06. The number of ether oxygens (including phenoxy) is 1. The summed E-state index contributed by atoms with van der Waals surface area (Å²) in [6.07, 6.45) is -1.02. The van der Waals surface area contributed by atoms with E-state index in [1.807, 2.05) is 56.3 Å². The van der Waals surface area contributed by atoms with Crippen molar-refractivity contribution in [3.05, 3.63) is 65.7 Å². The van der Waals surface area contributed by atoms with E-state index in [1.165, 1.54) is 11.4 Å². The standard InChI is InChI=1S/C21H19N5O3/c1-12-11-13(2)26-21(22-12)24-18(25-26)20(28)29-14(3)19(27)23-17-10-6-8-15-7-4-5-9-16(15)17/h4-11,14H,1-3H3,(H,23,27)/t14-/m1/s1. The molecule has 8 heteroatoms. The number of aromatic nitrogens is 4. The first kappa shape index (κ1) is 18.5. The Morgan fingerprint density at radius 2 is 1.83 bits per heavy atom.